The second-order valence-corrected chi connectivity index (χ2v) is 9.08. The first-order valence-electron chi connectivity index (χ1n) is 11.0. The van der Waals surface area contributed by atoms with Gasteiger partial charge in [-0.25, -0.2) is 15.0 Å². The van der Waals surface area contributed by atoms with Crippen molar-refractivity contribution in [2.45, 2.75) is 32.5 Å². The van der Waals surface area contributed by atoms with Crippen molar-refractivity contribution < 1.29 is 9.53 Å². The van der Waals surface area contributed by atoms with Crippen LogP contribution < -0.4 is 10.1 Å². The summed E-state index contributed by atoms with van der Waals surface area (Å²) in [6.45, 7) is 5.76. The number of hydrogen-bond donors (Lipinski definition) is 1. The van der Waals surface area contributed by atoms with E-state index < -0.39 is 6.23 Å². The van der Waals surface area contributed by atoms with Crippen LogP contribution in [0.5, 0.6) is 5.75 Å². The van der Waals surface area contributed by atoms with Gasteiger partial charge in [-0.15, -0.1) is 11.3 Å². The predicted octanol–water partition coefficient (Wildman–Crippen LogP) is 4.84. The third kappa shape index (κ3) is 4.72. The lowest BCUT2D eigenvalue weighted by molar-refractivity contribution is -0.124. The van der Waals surface area contributed by atoms with Crippen LogP contribution in [-0.4, -0.2) is 45.5 Å². The molecule has 1 unspecified atom stereocenters. The lowest BCUT2D eigenvalue weighted by Gasteiger charge is -2.35. The van der Waals surface area contributed by atoms with Crippen molar-refractivity contribution in [2.24, 2.45) is 0 Å². The monoisotopic (exact) mass is 459 g/mol. The molecule has 0 bridgehead atoms. The molecule has 0 saturated carbocycles. The van der Waals surface area contributed by atoms with Crippen molar-refractivity contribution in [2.75, 3.05) is 18.4 Å². The van der Waals surface area contributed by atoms with Gasteiger partial charge >= 0.3 is 0 Å². The Morgan fingerprint density at radius 1 is 1.15 bits per heavy atom. The molecule has 1 N–H and O–H groups in total. The minimum absolute atomic E-state index is 0.0154. The maximum absolute atomic E-state index is 11.4. The number of hydrogen-bond acceptors (Lipinski definition) is 8. The second kappa shape index (κ2) is 9.25. The van der Waals surface area contributed by atoms with Crippen LogP contribution >= 0.6 is 11.3 Å². The molecule has 7 nitrogen and oxygen atoms in total. The van der Waals surface area contributed by atoms with Crippen LogP contribution in [-0.2, 0) is 4.79 Å². The lowest BCUT2D eigenvalue weighted by Crippen LogP contribution is -2.48. The number of aldehydes is 1. The maximum atomic E-state index is 11.4. The number of anilines is 1. The number of aromatic nitrogens is 3. The summed E-state index contributed by atoms with van der Waals surface area (Å²) in [6, 6.07) is 16.0. The van der Waals surface area contributed by atoms with Gasteiger partial charge in [-0.1, -0.05) is 18.2 Å². The van der Waals surface area contributed by atoms with E-state index in [1.807, 2.05) is 59.8 Å². The number of rotatable bonds is 8. The third-order valence-corrected chi connectivity index (χ3v) is 6.60. The first-order valence-corrected chi connectivity index (χ1v) is 11.9. The van der Waals surface area contributed by atoms with Crippen LogP contribution in [0.25, 0.3) is 21.5 Å². The van der Waals surface area contributed by atoms with E-state index in [0.717, 1.165) is 58.7 Å². The van der Waals surface area contributed by atoms with Crippen LogP contribution in [0.4, 0.5) is 5.82 Å². The molecular formula is C25H25N5O2S. The fourth-order valence-electron chi connectivity index (χ4n) is 3.89. The van der Waals surface area contributed by atoms with E-state index in [9.17, 15) is 4.79 Å². The number of aryl methyl sites for hydroxylation is 1. The van der Waals surface area contributed by atoms with Crippen molar-refractivity contribution >= 4 is 33.7 Å². The Labute approximate surface area is 196 Å². The first-order chi connectivity index (χ1) is 16.1. The van der Waals surface area contributed by atoms with Gasteiger partial charge in [-0.3, -0.25) is 9.69 Å². The molecule has 1 aliphatic heterocycles. The van der Waals surface area contributed by atoms with Crippen molar-refractivity contribution in [3.63, 3.8) is 0 Å². The smallest absolute Gasteiger partial charge is 0.209 e. The van der Waals surface area contributed by atoms with Crippen LogP contribution in [0.1, 0.15) is 30.8 Å². The van der Waals surface area contributed by atoms with Gasteiger partial charge in [0.25, 0.3) is 0 Å². The fourth-order valence-corrected chi connectivity index (χ4v) is 4.61. The summed E-state index contributed by atoms with van der Waals surface area (Å²) in [5.74, 6) is 2.14. The van der Waals surface area contributed by atoms with Gasteiger partial charge < -0.3 is 10.1 Å². The lowest BCUT2D eigenvalue weighted by atomic mass is 10.1. The van der Waals surface area contributed by atoms with Crippen LogP contribution in [0.15, 0.2) is 54.0 Å². The van der Waals surface area contributed by atoms with Crippen molar-refractivity contribution in [1.29, 1.82) is 0 Å². The number of nitrogens with one attached hydrogen (secondary N) is 1. The summed E-state index contributed by atoms with van der Waals surface area (Å²) in [4.78, 5) is 27.0. The third-order valence-electron chi connectivity index (χ3n) is 5.81. The molecule has 2 atom stereocenters. The van der Waals surface area contributed by atoms with Crippen LogP contribution in [0.2, 0.25) is 0 Å². The van der Waals surface area contributed by atoms with Gasteiger partial charge in [0.05, 0.1) is 27.5 Å². The molecule has 8 heteroatoms. The molecule has 1 saturated heterocycles. The Hall–Kier alpha value is -3.36. The molecule has 0 radical (unpaired) electrons. The van der Waals surface area contributed by atoms with Crippen molar-refractivity contribution in [3.05, 3.63) is 65.4 Å². The Bertz CT molecular complexity index is 1290. The van der Waals surface area contributed by atoms with Crippen LogP contribution in [0.3, 0.4) is 0 Å². The predicted molar refractivity (Wildman–Crippen MR) is 131 cm³/mol. The Balaban J connectivity index is 1.34. The highest BCUT2D eigenvalue weighted by molar-refractivity contribution is 7.16. The van der Waals surface area contributed by atoms with E-state index in [4.69, 9.17) is 4.74 Å². The average molecular weight is 460 g/mol. The molecule has 1 aliphatic rings. The summed E-state index contributed by atoms with van der Waals surface area (Å²) in [5, 5.41) is 3.48. The molecule has 168 valence electrons. The van der Waals surface area contributed by atoms with Gasteiger partial charge in [0.2, 0.25) is 6.23 Å². The molecular weight excluding hydrogens is 434 g/mol. The molecule has 4 aromatic rings. The Kier molecular flexibility index (Phi) is 6.02. The highest BCUT2D eigenvalue weighted by Gasteiger charge is 2.25. The Morgan fingerprint density at radius 2 is 2.03 bits per heavy atom. The van der Waals surface area contributed by atoms with E-state index in [1.54, 1.807) is 11.3 Å². The number of likely N-dealkylation sites (tertiary alicyclic amines) is 1. The van der Waals surface area contributed by atoms with E-state index in [-0.39, 0.29) is 6.04 Å². The standard InChI is InChI=1S/C25H25N5O2S/c1-16(18-5-3-6-20(11-18)32-25(14-31)30-9-4-10-30)27-24-13-22(28-17(2)29-24)19-7-8-21-23(12-19)33-15-26-21/h3,5-8,11-16,25H,4,9-10H2,1-2H3,(H,27,28,29)/t16?,25-/m0/s1. The number of carbonyl (C=O) groups is 1. The number of nitrogens with zero attached hydrogens (tertiary/aromatic N) is 4. The zero-order valence-electron chi connectivity index (χ0n) is 18.6. The highest BCUT2D eigenvalue weighted by Crippen LogP contribution is 2.28. The zero-order chi connectivity index (χ0) is 22.8. The molecule has 0 aliphatic carbocycles. The number of thiazole rings is 1. The van der Waals surface area contributed by atoms with E-state index >= 15 is 0 Å². The molecule has 0 amide bonds. The maximum Gasteiger partial charge on any atom is 0.209 e. The minimum atomic E-state index is -0.528. The van der Waals surface area contributed by atoms with E-state index in [0.29, 0.717) is 11.6 Å². The van der Waals surface area contributed by atoms with Gasteiger partial charge in [0.15, 0.2) is 6.29 Å². The number of carbonyl (C=O) groups excluding carboxylic acids is 1. The SMILES string of the molecule is Cc1nc(NC(C)c2cccc(O[C@@H](C=O)N3CCC3)c2)cc(-c2ccc3ncsc3c2)n1. The van der Waals surface area contributed by atoms with Crippen molar-refractivity contribution in [1.82, 2.24) is 19.9 Å². The summed E-state index contributed by atoms with van der Waals surface area (Å²) in [6.07, 6.45) is 1.44. The molecule has 33 heavy (non-hydrogen) atoms. The molecule has 2 aromatic heterocycles. The van der Waals surface area contributed by atoms with Gasteiger partial charge in [-0.2, -0.15) is 0 Å². The summed E-state index contributed by atoms with van der Waals surface area (Å²) < 4.78 is 7.07. The minimum Gasteiger partial charge on any atom is -0.468 e. The van der Waals surface area contributed by atoms with Gasteiger partial charge in [0, 0.05) is 24.7 Å². The average Bonchev–Trinajstić information content (AvgIpc) is 3.25. The van der Waals surface area contributed by atoms with E-state index in [1.165, 1.54) is 0 Å². The first kappa shape index (κ1) is 21.5. The molecule has 0 spiro atoms. The summed E-state index contributed by atoms with van der Waals surface area (Å²) >= 11 is 1.62. The molecule has 5 rings (SSSR count). The highest BCUT2D eigenvalue weighted by atomic mass is 32.1. The summed E-state index contributed by atoms with van der Waals surface area (Å²) in [7, 11) is 0. The van der Waals surface area contributed by atoms with Gasteiger partial charge in [-0.05, 0) is 50.1 Å². The molecule has 1 fully saturated rings. The summed E-state index contributed by atoms with van der Waals surface area (Å²) in [5.41, 5.74) is 5.80. The van der Waals surface area contributed by atoms with Crippen LogP contribution in [0, 0.1) is 6.92 Å². The number of benzene rings is 2. The zero-order valence-corrected chi connectivity index (χ0v) is 19.4. The normalized spacial score (nSPS) is 15.6. The number of ether oxygens (including phenoxy) is 1. The topological polar surface area (TPSA) is 80.2 Å². The molecule has 2 aromatic carbocycles. The number of fused-ring (bicyclic) bond motifs is 1. The van der Waals surface area contributed by atoms with E-state index in [2.05, 4.69) is 33.3 Å². The second-order valence-electron chi connectivity index (χ2n) is 8.19. The Morgan fingerprint density at radius 3 is 2.82 bits per heavy atom. The molecule has 3 heterocycles. The van der Waals surface area contributed by atoms with Crippen molar-refractivity contribution in [3.8, 4) is 17.0 Å². The quantitative estimate of drug-likeness (QED) is 0.378. The fraction of sp³-hybridized carbons (Fsp3) is 0.280. The largest absolute Gasteiger partial charge is 0.468 e. The van der Waals surface area contributed by atoms with Gasteiger partial charge in [0.1, 0.15) is 17.4 Å².